The van der Waals surface area contributed by atoms with E-state index in [0.29, 0.717) is 30.5 Å². The van der Waals surface area contributed by atoms with Crippen LogP contribution >= 0.6 is 0 Å². The highest BCUT2D eigenvalue weighted by Crippen LogP contribution is 2.30. The number of nitrogens with one attached hydrogen (secondary N) is 2. The molecule has 2 heterocycles. The smallest absolute Gasteiger partial charge is 0.274 e. The Labute approximate surface area is 117 Å². The van der Waals surface area contributed by atoms with E-state index < -0.39 is 0 Å². The summed E-state index contributed by atoms with van der Waals surface area (Å²) in [5.41, 5.74) is 0.922. The molecule has 7 heteroatoms. The van der Waals surface area contributed by atoms with Gasteiger partial charge >= 0.3 is 0 Å². The Morgan fingerprint density at radius 3 is 3.00 bits per heavy atom. The summed E-state index contributed by atoms with van der Waals surface area (Å²) in [7, 11) is 0. The van der Waals surface area contributed by atoms with Gasteiger partial charge in [-0.1, -0.05) is 0 Å². The van der Waals surface area contributed by atoms with Gasteiger partial charge in [-0.25, -0.2) is 0 Å². The monoisotopic (exact) mass is 280 g/mol. The van der Waals surface area contributed by atoms with E-state index in [1.165, 1.54) is 12.8 Å². The molecule has 7 nitrogen and oxygen atoms in total. The van der Waals surface area contributed by atoms with Crippen molar-refractivity contribution in [2.45, 2.75) is 38.3 Å². The van der Waals surface area contributed by atoms with Crippen LogP contribution < -0.4 is 5.32 Å². The summed E-state index contributed by atoms with van der Waals surface area (Å²) in [6.45, 7) is 3.71. The van der Waals surface area contributed by atoms with E-state index in [4.69, 9.17) is 9.47 Å². The van der Waals surface area contributed by atoms with Gasteiger partial charge in [-0.3, -0.25) is 4.79 Å². The first-order chi connectivity index (χ1) is 9.74. The molecule has 2 unspecified atom stereocenters. The second-order valence-corrected chi connectivity index (χ2v) is 5.52. The standard InChI is InChI=1S/C13H20N4O3/c1-8-12(16-17-15-8)13(18)14-10-7-19-5-4-11(10)20-6-9-2-3-9/h9-11H,2-7H2,1H3,(H,14,18)(H,15,16,17). The number of H-pyrrole nitrogens is 1. The minimum Gasteiger partial charge on any atom is -0.379 e. The molecule has 0 bridgehead atoms. The molecule has 1 amide bonds. The van der Waals surface area contributed by atoms with Crippen molar-refractivity contribution in [3.63, 3.8) is 0 Å². The molecule has 2 atom stereocenters. The average molecular weight is 280 g/mol. The van der Waals surface area contributed by atoms with Crippen LogP contribution in [0.25, 0.3) is 0 Å². The Hall–Kier alpha value is -1.47. The van der Waals surface area contributed by atoms with E-state index in [9.17, 15) is 4.79 Å². The van der Waals surface area contributed by atoms with Crippen molar-refractivity contribution in [1.82, 2.24) is 20.7 Å². The van der Waals surface area contributed by atoms with Crippen molar-refractivity contribution in [1.29, 1.82) is 0 Å². The van der Waals surface area contributed by atoms with E-state index in [1.54, 1.807) is 6.92 Å². The normalized spacial score (nSPS) is 26.4. The molecule has 0 radical (unpaired) electrons. The van der Waals surface area contributed by atoms with Crippen molar-refractivity contribution in [2.24, 2.45) is 5.92 Å². The summed E-state index contributed by atoms with van der Waals surface area (Å²) in [6.07, 6.45) is 3.37. The zero-order valence-electron chi connectivity index (χ0n) is 11.6. The van der Waals surface area contributed by atoms with Gasteiger partial charge in [0.2, 0.25) is 0 Å². The maximum atomic E-state index is 12.1. The Kier molecular flexibility index (Phi) is 3.98. The maximum absolute atomic E-state index is 12.1. The van der Waals surface area contributed by atoms with Gasteiger partial charge in [0.25, 0.3) is 5.91 Å². The van der Waals surface area contributed by atoms with E-state index in [2.05, 4.69) is 20.7 Å². The minimum atomic E-state index is -0.230. The lowest BCUT2D eigenvalue weighted by Crippen LogP contribution is -2.50. The molecule has 0 spiro atoms. The van der Waals surface area contributed by atoms with Crippen LogP contribution in [0.1, 0.15) is 35.4 Å². The van der Waals surface area contributed by atoms with Crippen molar-refractivity contribution in [2.75, 3.05) is 19.8 Å². The Bertz CT molecular complexity index is 472. The highest BCUT2D eigenvalue weighted by Gasteiger charge is 2.31. The number of carbonyl (C=O) groups excluding carboxylic acids is 1. The summed E-state index contributed by atoms with van der Waals surface area (Å²) in [6, 6.07) is -0.119. The number of carbonyl (C=O) groups is 1. The topological polar surface area (TPSA) is 89.1 Å². The lowest BCUT2D eigenvalue weighted by atomic mass is 10.1. The van der Waals surface area contributed by atoms with Crippen LogP contribution in [0.4, 0.5) is 0 Å². The predicted octanol–water partition coefficient (Wildman–Crippen LogP) is 0.427. The molecule has 0 aromatic carbocycles. The van der Waals surface area contributed by atoms with Crippen LogP contribution in [0, 0.1) is 12.8 Å². The number of ether oxygens (including phenoxy) is 2. The number of nitrogens with zero attached hydrogens (tertiary/aromatic N) is 2. The van der Waals surface area contributed by atoms with Gasteiger partial charge in [0.1, 0.15) is 0 Å². The first kappa shape index (κ1) is 13.5. The third-order valence-electron chi connectivity index (χ3n) is 3.79. The molecular formula is C13H20N4O3. The molecular weight excluding hydrogens is 260 g/mol. The van der Waals surface area contributed by atoms with E-state index in [1.807, 2.05) is 0 Å². The number of hydrogen-bond donors (Lipinski definition) is 2. The first-order valence-corrected chi connectivity index (χ1v) is 7.11. The fraction of sp³-hybridized carbons (Fsp3) is 0.769. The number of aromatic amines is 1. The van der Waals surface area contributed by atoms with Crippen molar-refractivity contribution in [3.8, 4) is 0 Å². The third kappa shape index (κ3) is 3.16. The van der Waals surface area contributed by atoms with E-state index >= 15 is 0 Å². The molecule has 3 rings (SSSR count). The largest absolute Gasteiger partial charge is 0.379 e. The van der Waals surface area contributed by atoms with Crippen LogP contribution in [0.5, 0.6) is 0 Å². The van der Waals surface area contributed by atoms with Crippen LogP contribution in [0.15, 0.2) is 0 Å². The Balaban J connectivity index is 1.58. The fourth-order valence-electron chi connectivity index (χ4n) is 2.33. The van der Waals surface area contributed by atoms with Crippen LogP contribution in [-0.2, 0) is 9.47 Å². The average Bonchev–Trinajstić information content (AvgIpc) is 3.18. The minimum absolute atomic E-state index is 0.0282. The second kappa shape index (κ2) is 5.88. The number of hydrogen-bond acceptors (Lipinski definition) is 5. The van der Waals surface area contributed by atoms with Gasteiger partial charge < -0.3 is 14.8 Å². The third-order valence-corrected chi connectivity index (χ3v) is 3.79. The number of aromatic nitrogens is 3. The molecule has 1 aliphatic carbocycles. The van der Waals surface area contributed by atoms with Crippen LogP contribution in [0.3, 0.4) is 0 Å². The molecule has 2 aliphatic rings. The molecule has 1 aromatic rings. The number of amides is 1. The summed E-state index contributed by atoms with van der Waals surface area (Å²) in [5.74, 6) is 0.485. The molecule has 1 saturated heterocycles. The summed E-state index contributed by atoms with van der Waals surface area (Å²) < 4.78 is 11.4. The van der Waals surface area contributed by atoms with Gasteiger partial charge in [0.15, 0.2) is 5.69 Å². The Morgan fingerprint density at radius 2 is 2.30 bits per heavy atom. The van der Waals surface area contributed by atoms with Crippen LogP contribution in [-0.4, -0.2) is 53.3 Å². The van der Waals surface area contributed by atoms with E-state index in [-0.39, 0.29) is 18.1 Å². The highest BCUT2D eigenvalue weighted by molar-refractivity contribution is 5.93. The molecule has 1 aromatic heterocycles. The molecule has 20 heavy (non-hydrogen) atoms. The molecule has 110 valence electrons. The summed E-state index contributed by atoms with van der Waals surface area (Å²) in [5, 5.41) is 13.1. The zero-order valence-corrected chi connectivity index (χ0v) is 11.6. The van der Waals surface area contributed by atoms with Gasteiger partial charge in [0, 0.05) is 13.2 Å². The molecule has 1 saturated carbocycles. The predicted molar refractivity (Wildman–Crippen MR) is 70.3 cm³/mol. The first-order valence-electron chi connectivity index (χ1n) is 7.11. The highest BCUT2D eigenvalue weighted by atomic mass is 16.5. The lowest BCUT2D eigenvalue weighted by molar-refractivity contribution is -0.0567. The maximum Gasteiger partial charge on any atom is 0.274 e. The molecule has 2 fully saturated rings. The van der Waals surface area contributed by atoms with Gasteiger partial charge in [-0.2, -0.15) is 15.4 Å². The van der Waals surface area contributed by atoms with Gasteiger partial charge in [-0.05, 0) is 32.1 Å². The van der Waals surface area contributed by atoms with Crippen molar-refractivity contribution >= 4 is 5.91 Å². The zero-order chi connectivity index (χ0) is 13.9. The number of aryl methyl sites for hydroxylation is 1. The SMILES string of the molecule is Cc1n[nH]nc1C(=O)NC1COCCC1OCC1CC1. The lowest BCUT2D eigenvalue weighted by Gasteiger charge is -2.32. The summed E-state index contributed by atoms with van der Waals surface area (Å²) >= 11 is 0. The van der Waals surface area contributed by atoms with Crippen molar-refractivity contribution < 1.29 is 14.3 Å². The molecule has 1 aliphatic heterocycles. The molecule has 2 N–H and O–H groups in total. The fourth-order valence-corrected chi connectivity index (χ4v) is 2.33. The van der Waals surface area contributed by atoms with Crippen molar-refractivity contribution in [3.05, 3.63) is 11.4 Å². The summed E-state index contributed by atoms with van der Waals surface area (Å²) in [4.78, 5) is 12.1. The Morgan fingerprint density at radius 1 is 1.45 bits per heavy atom. The van der Waals surface area contributed by atoms with Gasteiger partial charge in [-0.15, -0.1) is 0 Å². The number of rotatable bonds is 5. The quantitative estimate of drug-likeness (QED) is 0.816. The van der Waals surface area contributed by atoms with Gasteiger partial charge in [0.05, 0.1) is 24.4 Å². The second-order valence-electron chi connectivity index (χ2n) is 5.52. The van der Waals surface area contributed by atoms with Crippen LogP contribution in [0.2, 0.25) is 0 Å². The van der Waals surface area contributed by atoms with E-state index in [0.717, 1.165) is 13.0 Å².